The summed E-state index contributed by atoms with van der Waals surface area (Å²) in [6.07, 6.45) is 0.391. The summed E-state index contributed by atoms with van der Waals surface area (Å²) in [5.41, 5.74) is 3.99. The quantitative estimate of drug-likeness (QED) is 0.900. The van der Waals surface area contributed by atoms with Crippen LogP contribution >= 0.6 is 15.9 Å². The molecule has 0 radical (unpaired) electrons. The molecule has 2 aromatic rings. The third-order valence-corrected chi connectivity index (χ3v) is 4.62. The summed E-state index contributed by atoms with van der Waals surface area (Å²) in [5.74, 6) is -0.00460. The Hall–Kier alpha value is -1.62. The Labute approximate surface area is 133 Å². The largest absolute Gasteiger partial charge is 0.326 e. The number of nitrogens with one attached hydrogen (secondary N) is 1. The number of hydrogen-bond donors (Lipinski definition) is 1. The first kappa shape index (κ1) is 15.8. The fourth-order valence-electron chi connectivity index (χ4n) is 2.28. The lowest BCUT2D eigenvalue weighted by Crippen LogP contribution is -2.19. The molecule has 112 valence electrons. The van der Waals surface area contributed by atoms with Gasteiger partial charge in [-0.3, -0.25) is 9.48 Å². The average Bonchev–Trinajstić information content (AvgIpc) is 2.69. The Bertz CT molecular complexity index is 646. The second kappa shape index (κ2) is 6.43. The molecule has 0 aliphatic heterocycles. The number of nitrogens with zero attached hydrogens (tertiary/aromatic N) is 2. The lowest BCUT2D eigenvalue weighted by molar-refractivity contribution is -0.116. The van der Waals surface area contributed by atoms with Crippen LogP contribution < -0.4 is 5.32 Å². The van der Waals surface area contributed by atoms with E-state index in [-0.39, 0.29) is 11.9 Å². The SMILES string of the molecule is Cc1ccc(NC(=O)C[C@H](C)n2nc(C)c(Br)c2C)cc1. The molecule has 0 unspecified atom stereocenters. The van der Waals surface area contributed by atoms with Crippen LogP contribution in [0.4, 0.5) is 5.69 Å². The molecular weight excluding hydrogens is 330 g/mol. The molecule has 0 spiro atoms. The monoisotopic (exact) mass is 349 g/mol. The standard InChI is InChI=1S/C16H20BrN3O/c1-10-5-7-14(8-6-10)18-15(21)9-11(2)20-13(4)16(17)12(3)19-20/h5-8,11H,9H2,1-4H3,(H,18,21)/t11-/m0/s1. The van der Waals surface area contributed by atoms with Crippen molar-refractivity contribution < 1.29 is 4.79 Å². The highest BCUT2D eigenvalue weighted by atomic mass is 79.9. The zero-order valence-electron chi connectivity index (χ0n) is 12.8. The zero-order chi connectivity index (χ0) is 15.6. The number of carbonyl (C=O) groups excluding carboxylic acids is 1. The summed E-state index contributed by atoms with van der Waals surface area (Å²) in [6.45, 7) is 7.97. The summed E-state index contributed by atoms with van der Waals surface area (Å²) in [6, 6.07) is 7.81. The molecule has 1 amide bonds. The summed E-state index contributed by atoms with van der Waals surface area (Å²) >= 11 is 3.51. The van der Waals surface area contributed by atoms with Crippen LogP contribution in [0.5, 0.6) is 0 Å². The van der Waals surface area contributed by atoms with Crippen molar-refractivity contribution in [3.63, 3.8) is 0 Å². The molecule has 0 fully saturated rings. The van der Waals surface area contributed by atoms with Gasteiger partial charge in [0.25, 0.3) is 0 Å². The molecule has 0 saturated carbocycles. The molecule has 1 heterocycles. The Kier molecular flexibility index (Phi) is 4.83. The summed E-state index contributed by atoms with van der Waals surface area (Å²) < 4.78 is 2.90. The van der Waals surface area contributed by atoms with Crippen LogP contribution in [0.2, 0.25) is 0 Å². The van der Waals surface area contributed by atoms with E-state index < -0.39 is 0 Å². The molecule has 0 saturated heterocycles. The van der Waals surface area contributed by atoms with Gasteiger partial charge in [0, 0.05) is 12.1 Å². The maximum Gasteiger partial charge on any atom is 0.226 e. The molecule has 4 nitrogen and oxygen atoms in total. The third-order valence-electron chi connectivity index (χ3n) is 3.47. The molecule has 0 aliphatic carbocycles. The molecule has 5 heteroatoms. The van der Waals surface area contributed by atoms with Crippen molar-refractivity contribution in [1.82, 2.24) is 9.78 Å². The Morgan fingerprint density at radius 2 is 1.90 bits per heavy atom. The van der Waals surface area contributed by atoms with E-state index in [9.17, 15) is 4.79 Å². The first-order chi connectivity index (χ1) is 9.88. The second-order valence-corrected chi connectivity index (χ2v) is 6.19. The number of aryl methyl sites for hydroxylation is 2. The lowest BCUT2D eigenvalue weighted by atomic mass is 10.2. The van der Waals surface area contributed by atoms with Crippen LogP contribution in [0.1, 0.15) is 36.3 Å². The van der Waals surface area contributed by atoms with Crippen molar-refractivity contribution >= 4 is 27.5 Å². The van der Waals surface area contributed by atoms with E-state index in [1.54, 1.807) is 0 Å². The highest BCUT2D eigenvalue weighted by molar-refractivity contribution is 9.10. The number of hydrogen-bond acceptors (Lipinski definition) is 2. The van der Waals surface area contributed by atoms with E-state index >= 15 is 0 Å². The van der Waals surface area contributed by atoms with Gasteiger partial charge in [0.1, 0.15) is 0 Å². The predicted molar refractivity (Wildman–Crippen MR) is 88.5 cm³/mol. The smallest absolute Gasteiger partial charge is 0.226 e. The third kappa shape index (κ3) is 3.73. The predicted octanol–water partition coefficient (Wildman–Crippen LogP) is 4.16. The van der Waals surface area contributed by atoms with Gasteiger partial charge in [-0.1, -0.05) is 17.7 Å². The first-order valence-electron chi connectivity index (χ1n) is 6.96. The summed E-state index contributed by atoms with van der Waals surface area (Å²) in [4.78, 5) is 12.1. The maximum absolute atomic E-state index is 12.1. The number of halogens is 1. The van der Waals surface area contributed by atoms with Gasteiger partial charge in [-0.2, -0.15) is 5.10 Å². The topological polar surface area (TPSA) is 46.9 Å². The number of aromatic nitrogens is 2. The Morgan fingerprint density at radius 1 is 1.29 bits per heavy atom. The van der Waals surface area contributed by atoms with E-state index in [0.29, 0.717) is 6.42 Å². The lowest BCUT2D eigenvalue weighted by Gasteiger charge is -2.14. The fourth-order valence-corrected chi connectivity index (χ4v) is 2.54. The van der Waals surface area contributed by atoms with Gasteiger partial charge < -0.3 is 5.32 Å². The van der Waals surface area contributed by atoms with Crippen LogP contribution in [-0.4, -0.2) is 15.7 Å². The van der Waals surface area contributed by atoms with Crippen LogP contribution in [0, 0.1) is 20.8 Å². The molecule has 1 atom stereocenters. The minimum atomic E-state index is -0.00460. The molecule has 1 aromatic carbocycles. The van der Waals surface area contributed by atoms with Crippen molar-refractivity contribution in [1.29, 1.82) is 0 Å². The highest BCUT2D eigenvalue weighted by Gasteiger charge is 2.17. The molecule has 0 bridgehead atoms. The van der Waals surface area contributed by atoms with Crippen LogP contribution in [0.15, 0.2) is 28.7 Å². The average molecular weight is 350 g/mol. The van der Waals surface area contributed by atoms with Gasteiger partial charge in [-0.25, -0.2) is 0 Å². The second-order valence-electron chi connectivity index (χ2n) is 5.40. The van der Waals surface area contributed by atoms with Gasteiger partial charge in [0.15, 0.2) is 0 Å². The van der Waals surface area contributed by atoms with Crippen molar-refractivity contribution in [2.75, 3.05) is 5.32 Å². The van der Waals surface area contributed by atoms with Gasteiger partial charge in [0.2, 0.25) is 5.91 Å². The Morgan fingerprint density at radius 3 is 2.43 bits per heavy atom. The van der Waals surface area contributed by atoms with Crippen molar-refractivity contribution in [2.24, 2.45) is 0 Å². The molecular formula is C16H20BrN3O. The molecule has 2 rings (SSSR count). The van der Waals surface area contributed by atoms with E-state index in [4.69, 9.17) is 0 Å². The first-order valence-corrected chi connectivity index (χ1v) is 7.75. The highest BCUT2D eigenvalue weighted by Crippen LogP contribution is 2.24. The Balaban J connectivity index is 2.01. The van der Waals surface area contributed by atoms with Gasteiger partial charge in [-0.05, 0) is 55.8 Å². The number of benzene rings is 1. The number of amides is 1. The number of carbonyl (C=O) groups is 1. The minimum absolute atomic E-state index is 0.00460. The van der Waals surface area contributed by atoms with E-state index in [1.807, 2.05) is 56.6 Å². The van der Waals surface area contributed by atoms with Crippen LogP contribution in [-0.2, 0) is 4.79 Å². The summed E-state index contributed by atoms with van der Waals surface area (Å²) in [7, 11) is 0. The zero-order valence-corrected chi connectivity index (χ0v) is 14.4. The van der Waals surface area contributed by atoms with Crippen molar-refractivity contribution in [3.8, 4) is 0 Å². The normalized spacial score (nSPS) is 12.2. The van der Waals surface area contributed by atoms with Gasteiger partial charge in [0.05, 0.1) is 21.9 Å². The number of anilines is 1. The number of rotatable bonds is 4. The maximum atomic E-state index is 12.1. The van der Waals surface area contributed by atoms with E-state index in [2.05, 4.69) is 26.3 Å². The summed E-state index contributed by atoms with van der Waals surface area (Å²) in [5, 5.41) is 7.39. The van der Waals surface area contributed by atoms with Crippen LogP contribution in [0.25, 0.3) is 0 Å². The van der Waals surface area contributed by atoms with E-state index in [1.165, 1.54) is 5.56 Å². The van der Waals surface area contributed by atoms with Crippen LogP contribution in [0.3, 0.4) is 0 Å². The van der Waals surface area contributed by atoms with Crippen molar-refractivity contribution in [3.05, 3.63) is 45.7 Å². The molecule has 1 aromatic heterocycles. The van der Waals surface area contributed by atoms with Gasteiger partial charge >= 0.3 is 0 Å². The molecule has 0 aliphatic rings. The van der Waals surface area contributed by atoms with Gasteiger partial charge in [-0.15, -0.1) is 0 Å². The fraction of sp³-hybridized carbons (Fsp3) is 0.375. The minimum Gasteiger partial charge on any atom is -0.326 e. The molecule has 21 heavy (non-hydrogen) atoms. The van der Waals surface area contributed by atoms with E-state index in [0.717, 1.165) is 21.5 Å². The van der Waals surface area contributed by atoms with Crippen molar-refractivity contribution in [2.45, 2.75) is 40.2 Å². The molecule has 1 N–H and O–H groups in total.